The first-order chi connectivity index (χ1) is 8.72. The molecule has 1 aliphatic heterocycles. The highest BCUT2D eigenvalue weighted by atomic mass is 16.3. The SMILES string of the molecule is O=C(c1ccccc1)N1CCC(O)C(CCO)C1. The summed E-state index contributed by atoms with van der Waals surface area (Å²) in [6.07, 6.45) is 0.722. The molecule has 98 valence electrons. The minimum Gasteiger partial charge on any atom is -0.396 e. The highest BCUT2D eigenvalue weighted by molar-refractivity contribution is 5.94. The molecule has 1 fully saturated rings. The largest absolute Gasteiger partial charge is 0.396 e. The van der Waals surface area contributed by atoms with E-state index >= 15 is 0 Å². The standard InChI is InChI=1S/C14H19NO3/c16-9-7-12-10-15(8-6-13(12)17)14(18)11-4-2-1-3-5-11/h1-5,12-13,16-17H,6-10H2. The Morgan fingerprint density at radius 3 is 2.72 bits per heavy atom. The van der Waals surface area contributed by atoms with Crippen molar-refractivity contribution in [1.29, 1.82) is 0 Å². The van der Waals surface area contributed by atoms with E-state index in [0.29, 0.717) is 31.5 Å². The first-order valence-electron chi connectivity index (χ1n) is 6.35. The van der Waals surface area contributed by atoms with Gasteiger partial charge in [0.2, 0.25) is 0 Å². The molecule has 1 amide bonds. The molecule has 2 unspecified atom stereocenters. The third-order valence-electron chi connectivity index (χ3n) is 3.50. The number of aliphatic hydroxyl groups is 2. The minimum atomic E-state index is -0.406. The Morgan fingerprint density at radius 2 is 2.06 bits per heavy atom. The zero-order chi connectivity index (χ0) is 13.0. The minimum absolute atomic E-state index is 0.00504. The number of hydrogen-bond acceptors (Lipinski definition) is 3. The van der Waals surface area contributed by atoms with Crippen molar-refractivity contribution in [1.82, 2.24) is 4.90 Å². The summed E-state index contributed by atoms with van der Waals surface area (Å²) in [5.41, 5.74) is 0.677. The lowest BCUT2D eigenvalue weighted by atomic mass is 9.91. The van der Waals surface area contributed by atoms with E-state index in [0.717, 1.165) is 0 Å². The van der Waals surface area contributed by atoms with Gasteiger partial charge in [-0.05, 0) is 25.0 Å². The van der Waals surface area contributed by atoms with Crippen molar-refractivity contribution in [2.45, 2.75) is 18.9 Å². The Labute approximate surface area is 107 Å². The first kappa shape index (κ1) is 13.1. The van der Waals surface area contributed by atoms with Gasteiger partial charge in [-0.15, -0.1) is 0 Å². The van der Waals surface area contributed by atoms with Crippen LogP contribution in [0.3, 0.4) is 0 Å². The molecule has 2 rings (SSSR count). The fourth-order valence-corrected chi connectivity index (χ4v) is 2.42. The molecule has 1 aromatic rings. The van der Waals surface area contributed by atoms with Crippen molar-refractivity contribution in [3.63, 3.8) is 0 Å². The van der Waals surface area contributed by atoms with E-state index in [1.54, 1.807) is 17.0 Å². The summed E-state index contributed by atoms with van der Waals surface area (Å²) in [7, 11) is 0. The quantitative estimate of drug-likeness (QED) is 0.836. The summed E-state index contributed by atoms with van der Waals surface area (Å²) in [5.74, 6) is -0.0122. The molecule has 1 aliphatic rings. The molecule has 1 aromatic carbocycles. The van der Waals surface area contributed by atoms with Gasteiger partial charge in [0.05, 0.1) is 6.10 Å². The van der Waals surface area contributed by atoms with E-state index < -0.39 is 6.10 Å². The number of hydrogen-bond donors (Lipinski definition) is 2. The van der Waals surface area contributed by atoms with Crippen LogP contribution in [-0.4, -0.2) is 46.8 Å². The number of piperidine rings is 1. The zero-order valence-electron chi connectivity index (χ0n) is 10.3. The van der Waals surface area contributed by atoms with E-state index in [9.17, 15) is 9.90 Å². The highest BCUT2D eigenvalue weighted by Gasteiger charge is 2.30. The average Bonchev–Trinajstić information content (AvgIpc) is 2.42. The molecule has 4 nitrogen and oxygen atoms in total. The predicted octanol–water partition coefficient (Wildman–Crippen LogP) is 0.892. The van der Waals surface area contributed by atoms with Crippen molar-refractivity contribution < 1.29 is 15.0 Å². The van der Waals surface area contributed by atoms with Crippen molar-refractivity contribution >= 4 is 5.91 Å². The van der Waals surface area contributed by atoms with Gasteiger partial charge in [0.15, 0.2) is 0 Å². The van der Waals surface area contributed by atoms with Crippen LogP contribution in [0.2, 0.25) is 0 Å². The molecule has 1 heterocycles. The molecule has 18 heavy (non-hydrogen) atoms. The van der Waals surface area contributed by atoms with Crippen LogP contribution in [0.5, 0.6) is 0 Å². The van der Waals surface area contributed by atoms with Crippen LogP contribution in [0.4, 0.5) is 0 Å². The van der Waals surface area contributed by atoms with E-state index in [2.05, 4.69) is 0 Å². The van der Waals surface area contributed by atoms with Gasteiger partial charge >= 0.3 is 0 Å². The number of aliphatic hydroxyl groups excluding tert-OH is 2. The van der Waals surface area contributed by atoms with Crippen LogP contribution in [0.1, 0.15) is 23.2 Å². The van der Waals surface area contributed by atoms with Crippen LogP contribution >= 0.6 is 0 Å². The number of rotatable bonds is 3. The maximum Gasteiger partial charge on any atom is 0.253 e. The summed E-state index contributed by atoms with van der Waals surface area (Å²) < 4.78 is 0. The van der Waals surface area contributed by atoms with Crippen molar-refractivity contribution in [2.75, 3.05) is 19.7 Å². The maximum absolute atomic E-state index is 12.2. The summed E-state index contributed by atoms with van der Waals surface area (Å²) in [5, 5.41) is 18.8. The highest BCUT2D eigenvalue weighted by Crippen LogP contribution is 2.21. The number of benzene rings is 1. The van der Waals surface area contributed by atoms with Crippen molar-refractivity contribution in [2.24, 2.45) is 5.92 Å². The molecule has 0 spiro atoms. The van der Waals surface area contributed by atoms with Crippen molar-refractivity contribution in [3.8, 4) is 0 Å². The second kappa shape index (κ2) is 5.98. The lowest BCUT2D eigenvalue weighted by Crippen LogP contribution is -2.46. The Balaban J connectivity index is 2.03. The molecule has 2 N–H and O–H groups in total. The van der Waals surface area contributed by atoms with Crippen LogP contribution in [0.15, 0.2) is 30.3 Å². The summed E-state index contributed by atoms with van der Waals surface area (Å²) >= 11 is 0. The lowest BCUT2D eigenvalue weighted by Gasteiger charge is -2.36. The molecule has 0 aliphatic carbocycles. The second-order valence-corrected chi connectivity index (χ2v) is 4.75. The Hall–Kier alpha value is -1.39. The van der Waals surface area contributed by atoms with Gasteiger partial charge in [-0.25, -0.2) is 0 Å². The average molecular weight is 249 g/mol. The van der Waals surface area contributed by atoms with E-state index in [1.165, 1.54) is 0 Å². The van der Waals surface area contributed by atoms with Gasteiger partial charge < -0.3 is 15.1 Å². The van der Waals surface area contributed by atoms with Gasteiger partial charge in [-0.3, -0.25) is 4.79 Å². The van der Waals surface area contributed by atoms with Gasteiger partial charge in [-0.2, -0.15) is 0 Å². The van der Waals surface area contributed by atoms with Crippen LogP contribution in [0.25, 0.3) is 0 Å². The molecule has 1 saturated heterocycles. The summed E-state index contributed by atoms with van der Waals surface area (Å²) in [6.45, 7) is 1.15. The molecular weight excluding hydrogens is 230 g/mol. The molecule has 0 bridgehead atoms. The number of likely N-dealkylation sites (tertiary alicyclic amines) is 1. The van der Waals surface area contributed by atoms with Gasteiger partial charge in [0.1, 0.15) is 0 Å². The normalized spacial score (nSPS) is 24.0. The smallest absolute Gasteiger partial charge is 0.253 e. The molecular formula is C14H19NO3. The Morgan fingerprint density at radius 1 is 1.33 bits per heavy atom. The third-order valence-corrected chi connectivity index (χ3v) is 3.50. The Kier molecular flexibility index (Phi) is 4.33. The number of carbonyl (C=O) groups is 1. The lowest BCUT2D eigenvalue weighted by molar-refractivity contribution is 0.0157. The molecule has 0 aromatic heterocycles. The van der Waals surface area contributed by atoms with Crippen LogP contribution < -0.4 is 0 Å². The van der Waals surface area contributed by atoms with Crippen molar-refractivity contribution in [3.05, 3.63) is 35.9 Å². The fraction of sp³-hybridized carbons (Fsp3) is 0.500. The first-order valence-corrected chi connectivity index (χ1v) is 6.35. The molecule has 0 radical (unpaired) electrons. The number of nitrogens with zero attached hydrogens (tertiary/aromatic N) is 1. The van der Waals surface area contributed by atoms with E-state index in [-0.39, 0.29) is 18.4 Å². The summed E-state index contributed by atoms with van der Waals surface area (Å²) in [6, 6.07) is 9.17. The molecule has 4 heteroatoms. The predicted molar refractivity (Wildman–Crippen MR) is 68.2 cm³/mol. The Bertz CT molecular complexity index is 393. The van der Waals surface area contributed by atoms with Gasteiger partial charge in [0.25, 0.3) is 5.91 Å². The third kappa shape index (κ3) is 2.89. The molecule has 2 atom stereocenters. The maximum atomic E-state index is 12.2. The van der Waals surface area contributed by atoms with Crippen LogP contribution in [-0.2, 0) is 0 Å². The number of carbonyl (C=O) groups excluding carboxylic acids is 1. The second-order valence-electron chi connectivity index (χ2n) is 4.75. The van der Waals surface area contributed by atoms with Gasteiger partial charge in [-0.1, -0.05) is 18.2 Å². The monoisotopic (exact) mass is 249 g/mol. The van der Waals surface area contributed by atoms with E-state index in [1.807, 2.05) is 18.2 Å². The molecule has 0 saturated carbocycles. The summed E-state index contributed by atoms with van der Waals surface area (Å²) in [4.78, 5) is 14.0. The van der Waals surface area contributed by atoms with Crippen LogP contribution in [0, 0.1) is 5.92 Å². The fourth-order valence-electron chi connectivity index (χ4n) is 2.42. The number of amides is 1. The topological polar surface area (TPSA) is 60.8 Å². The zero-order valence-corrected chi connectivity index (χ0v) is 10.3. The van der Waals surface area contributed by atoms with Gasteiger partial charge in [0, 0.05) is 31.2 Å². The van der Waals surface area contributed by atoms with E-state index in [4.69, 9.17) is 5.11 Å².